The van der Waals surface area contributed by atoms with Crippen LogP contribution in [0.3, 0.4) is 0 Å². The van der Waals surface area contributed by atoms with Crippen LogP contribution in [0.1, 0.15) is 29.9 Å². The van der Waals surface area contributed by atoms with Crippen LogP contribution in [-0.4, -0.2) is 43.8 Å². The number of carbonyl (C=O) groups is 3. The topological polar surface area (TPSA) is 109 Å². The van der Waals surface area contributed by atoms with E-state index in [0.29, 0.717) is 16.8 Å². The van der Waals surface area contributed by atoms with Gasteiger partial charge < -0.3 is 10.6 Å². The third-order valence-corrected chi connectivity index (χ3v) is 6.37. The quantitative estimate of drug-likeness (QED) is 0.380. The van der Waals surface area contributed by atoms with Gasteiger partial charge in [0.1, 0.15) is 11.2 Å². The van der Waals surface area contributed by atoms with Crippen molar-refractivity contribution in [3.8, 4) is 11.3 Å². The number of urea groups is 1. The molecule has 0 aliphatic carbocycles. The van der Waals surface area contributed by atoms with E-state index in [1.54, 1.807) is 38.1 Å². The summed E-state index contributed by atoms with van der Waals surface area (Å²) in [4.78, 5) is 48.8. The first-order valence-electron chi connectivity index (χ1n) is 10.6. The molecule has 0 atom stereocenters. The Labute approximate surface area is 208 Å². The number of alkyl halides is 3. The first-order chi connectivity index (χ1) is 16.9. The number of thioether (sulfide) groups is 1. The van der Waals surface area contributed by atoms with Crippen LogP contribution in [-0.2, 0) is 11.3 Å². The fourth-order valence-corrected chi connectivity index (χ4v) is 4.38. The average molecular weight is 516 g/mol. The Kier molecular flexibility index (Phi) is 6.48. The van der Waals surface area contributed by atoms with Crippen LogP contribution in [0.5, 0.6) is 0 Å². The van der Waals surface area contributed by atoms with E-state index in [1.165, 1.54) is 41.6 Å². The smallest absolute Gasteiger partial charge is 0.364 e. The molecule has 12 heteroatoms. The zero-order chi connectivity index (χ0) is 26.3. The second-order valence-electron chi connectivity index (χ2n) is 8.42. The number of rotatable bonds is 6. The van der Waals surface area contributed by atoms with Gasteiger partial charge in [-0.2, -0.15) is 13.2 Å². The first kappa shape index (κ1) is 25.2. The molecule has 1 saturated heterocycles. The predicted molar refractivity (Wildman–Crippen MR) is 127 cm³/mol. The monoisotopic (exact) mass is 515 g/mol. The second kappa shape index (κ2) is 9.26. The largest absolute Gasteiger partial charge is 0.446 e. The Morgan fingerprint density at radius 1 is 1.06 bits per heavy atom. The van der Waals surface area contributed by atoms with E-state index in [9.17, 15) is 27.6 Å². The zero-order valence-corrected chi connectivity index (χ0v) is 19.9. The Hall–Kier alpha value is -3.93. The number of aromatic nitrogens is 2. The minimum atomic E-state index is -4.45. The summed E-state index contributed by atoms with van der Waals surface area (Å²) in [7, 11) is 0. The SMILES string of the molecule is CC1(C)C(=O)N(c2ccc(SC(F)(F)F)cc2)C(=O)N1Cc1ccnc(-c2cccnc2C(N)=O)c1. The Morgan fingerprint density at radius 2 is 1.75 bits per heavy atom. The molecule has 8 nitrogen and oxygen atoms in total. The van der Waals surface area contributed by atoms with E-state index in [0.717, 1.165) is 4.90 Å². The van der Waals surface area contributed by atoms with Gasteiger partial charge in [0.2, 0.25) is 0 Å². The number of pyridine rings is 2. The maximum atomic E-state index is 13.3. The summed E-state index contributed by atoms with van der Waals surface area (Å²) in [6, 6.07) is 11.1. The number of nitrogens with zero attached hydrogens (tertiary/aromatic N) is 4. The lowest BCUT2D eigenvalue weighted by molar-refractivity contribution is -0.123. The van der Waals surface area contributed by atoms with E-state index in [4.69, 9.17) is 5.73 Å². The Balaban J connectivity index is 1.61. The number of imide groups is 1. The molecular formula is C24H20F3N5O3S. The molecule has 0 spiro atoms. The lowest BCUT2D eigenvalue weighted by Gasteiger charge is -2.27. The second-order valence-corrected chi connectivity index (χ2v) is 9.56. The molecule has 2 N–H and O–H groups in total. The molecule has 3 aromatic rings. The van der Waals surface area contributed by atoms with Gasteiger partial charge in [-0.05, 0) is 79.7 Å². The number of amides is 4. The minimum absolute atomic E-state index is 0.0395. The van der Waals surface area contributed by atoms with Crippen LogP contribution < -0.4 is 10.6 Å². The number of anilines is 1. The standard InChI is InChI=1S/C24H20F3N5O3S/c1-23(2)21(34)32(15-5-7-16(8-6-15)36-24(25,26)27)22(35)31(23)13-14-9-11-29-18(12-14)17-4-3-10-30-19(17)20(28)33/h3-12H,13H2,1-2H3,(H2,28,33). The van der Waals surface area contributed by atoms with Gasteiger partial charge in [-0.15, -0.1) is 0 Å². The molecule has 1 aliphatic rings. The minimum Gasteiger partial charge on any atom is -0.364 e. The maximum absolute atomic E-state index is 13.3. The van der Waals surface area contributed by atoms with Crippen molar-refractivity contribution in [1.82, 2.24) is 14.9 Å². The number of nitrogens with two attached hydrogens (primary N) is 1. The van der Waals surface area contributed by atoms with Crippen molar-refractivity contribution < 1.29 is 27.6 Å². The van der Waals surface area contributed by atoms with E-state index in [-0.39, 0.29) is 34.6 Å². The third kappa shape index (κ3) is 4.89. The third-order valence-electron chi connectivity index (χ3n) is 5.63. The summed E-state index contributed by atoms with van der Waals surface area (Å²) in [5, 5.41) is 0. The van der Waals surface area contributed by atoms with Gasteiger partial charge >= 0.3 is 11.5 Å². The summed E-state index contributed by atoms with van der Waals surface area (Å²) in [6.45, 7) is 3.23. The van der Waals surface area contributed by atoms with E-state index in [1.807, 2.05) is 0 Å². The van der Waals surface area contributed by atoms with Crippen LogP contribution >= 0.6 is 11.8 Å². The lowest BCUT2D eigenvalue weighted by atomic mass is 10.0. The van der Waals surface area contributed by atoms with Crippen molar-refractivity contribution >= 4 is 35.3 Å². The Bertz CT molecular complexity index is 1350. The molecule has 4 rings (SSSR count). The summed E-state index contributed by atoms with van der Waals surface area (Å²) in [6.07, 6.45) is 2.94. The van der Waals surface area contributed by atoms with Crippen molar-refractivity contribution in [1.29, 1.82) is 0 Å². The normalized spacial score (nSPS) is 15.5. The van der Waals surface area contributed by atoms with Gasteiger partial charge in [-0.1, -0.05) is 0 Å². The molecule has 2 aromatic heterocycles. The number of hydrogen-bond acceptors (Lipinski definition) is 6. The van der Waals surface area contributed by atoms with Crippen molar-refractivity contribution in [3.05, 3.63) is 72.2 Å². The van der Waals surface area contributed by atoms with E-state index < -0.39 is 28.9 Å². The van der Waals surface area contributed by atoms with Gasteiger partial charge in [0.25, 0.3) is 11.8 Å². The highest BCUT2D eigenvalue weighted by molar-refractivity contribution is 8.00. The molecule has 1 aromatic carbocycles. The summed E-state index contributed by atoms with van der Waals surface area (Å²) < 4.78 is 37.9. The number of hydrogen-bond donors (Lipinski definition) is 1. The van der Waals surface area contributed by atoms with E-state index >= 15 is 0 Å². The molecule has 0 bridgehead atoms. The van der Waals surface area contributed by atoms with Crippen LogP contribution in [0, 0.1) is 0 Å². The average Bonchev–Trinajstić information content (AvgIpc) is 2.98. The molecule has 0 saturated carbocycles. The molecule has 4 amide bonds. The van der Waals surface area contributed by atoms with Gasteiger partial charge in [-0.3, -0.25) is 19.6 Å². The molecule has 0 radical (unpaired) electrons. The number of benzene rings is 1. The highest BCUT2D eigenvalue weighted by Gasteiger charge is 2.51. The van der Waals surface area contributed by atoms with Crippen LogP contribution in [0.15, 0.2) is 65.8 Å². The highest BCUT2D eigenvalue weighted by atomic mass is 32.2. The molecule has 1 fully saturated rings. The van der Waals surface area contributed by atoms with Crippen molar-refractivity contribution in [2.75, 3.05) is 4.90 Å². The van der Waals surface area contributed by atoms with Crippen molar-refractivity contribution in [2.24, 2.45) is 5.73 Å². The van der Waals surface area contributed by atoms with Gasteiger partial charge in [0.05, 0.1) is 11.4 Å². The number of primary amides is 1. The van der Waals surface area contributed by atoms with E-state index in [2.05, 4.69) is 9.97 Å². The number of halogens is 3. The van der Waals surface area contributed by atoms with Gasteiger partial charge in [-0.25, -0.2) is 9.69 Å². The van der Waals surface area contributed by atoms with Crippen molar-refractivity contribution in [2.45, 2.75) is 36.3 Å². The lowest BCUT2D eigenvalue weighted by Crippen LogP contribution is -2.43. The molecule has 3 heterocycles. The summed E-state index contributed by atoms with van der Waals surface area (Å²) >= 11 is -0.280. The van der Waals surface area contributed by atoms with Gasteiger partial charge in [0.15, 0.2) is 0 Å². The summed E-state index contributed by atoms with van der Waals surface area (Å²) in [5.74, 6) is -1.23. The summed E-state index contributed by atoms with van der Waals surface area (Å²) in [5.41, 5.74) is 1.43. The molecular weight excluding hydrogens is 495 g/mol. The van der Waals surface area contributed by atoms with Gasteiger partial charge in [0, 0.05) is 29.4 Å². The zero-order valence-electron chi connectivity index (χ0n) is 19.1. The van der Waals surface area contributed by atoms with Crippen LogP contribution in [0.2, 0.25) is 0 Å². The molecule has 36 heavy (non-hydrogen) atoms. The molecule has 0 unspecified atom stereocenters. The van der Waals surface area contributed by atoms with Crippen LogP contribution in [0.4, 0.5) is 23.7 Å². The number of carbonyl (C=O) groups excluding carboxylic acids is 3. The molecule has 1 aliphatic heterocycles. The molecule has 186 valence electrons. The van der Waals surface area contributed by atoms with Crippen molar-refractivity contribution in [3.63, 3.8) is 0 Å². The highest BCUT2D eigenvalue weighted by Crippen LogP contribution is 2.39. The Morgan fingerprint density at radius 3 is 2.39 bits per heavy atom. The fraction of sp³-hybridized carbons (Fsp3) is 0.208. The maximum Gasteiger partial charge on any atom is 0.446 e. The predicted octanol–water partition coefficient (Wildman–Crippen LogP) is 4.60. The first-order valence-corrected chi connectivity index (χ1v) is 11.4. The fourth-order valence-electron chi connectivity index (χ4n) is 3.84. The van der Waals surface area contributed by atoms with Crippen LogP contribution in [0.25, 0.3) is 11.3 Å².